The molecule has 0 unspecified atom stereocenters. The maximum Gasteiger partial charge on any atom is 0.406 e. The van der Waals surface area contributed by atoms with Gasteiger partial charge in [-0.15, -0.1) is 0 Å². The zero-order valence-corrected chi connectivity index (χ0v) is 11.4. The first-order valence-corrected chi connectivity index (χ1v) is 6.01. The van der Waals surface area contributed by atoms with Crippen molar-refractivity contribution in [1.29, 1.82) is 0 Å². The monoisotopic (exact) mass is 300 g/mol. The van der Waals surface area contributed by atoms with Crippen molar-refractivity contribution in [3.63, 3.8) is 0 Å². The highest BCUT2D eigenvalue weighted by molar-refractivity contribution is 5.80. The number of hydrogen-bond acceptors (Lipinski definition) is 3. The van der Waals surface area contributed by atoms with Gasteiger partial charge in [0.05, 0.1) is 6.61 Å². The van der Waals surface area contributed by atoms with Gasteiger partial charge in [-0.05, 0) is 5.92 Å². The molecular formula is C11H19F3N2O4. The summed E-state index contributed by atoms with van der Waals surface area (Å²) in [6, 6.07) is -1.09. The van der Waals surface area contributed by atoms with Gasteiger partial charge in [-0.1, -0.05) is 13.8 Å². The van der Waals surface area contributed by atoms with Crippen LogP contribution < -0.4 is 5.32 Å². The Hall–Kier alpha value is -1.51. The van der Waals surface area contributed by atoms with Gasteiger partial charge in [-0.2, -0.15) is 13.2 Å². The van der Waals surface area contributed by atoms with Gasteiger partial charge in [-0.3, -0.25) is 4.79 Å². The molecule has 2 N–H and O–H groups in total. The van der Waals surface area contributed by atoms with Crippen LogP contribution in [0.5, 0.6) is 0 Å². The first-order valence-electron chi connectivity index (χ1n) is 6.01. The van der Waals surface area contributed by atoms with E-state index in [1.807, 2.05) is 13.8 Å². The Balaban J connectivity index is 4.17. The van der Waals surface area contributed by atoms with Crippen LogP contribution in [0, 0.1) is 5.92 Å². The molecule has 0 bridgehead atoms. The number of rotatable bonds is 8. The number of carboxylic acids is 1. The third kappa shape index (κ3) is 10.4. The summed E-state index contributed by atoms with van der Waals surface area (Å²) in [6.45, 7) is 1.86. The number of carbonyl (C=O) groups is 2. The SMILES string of the molecule is CC(C)COCCNC(=O)N(CC(=O)O)CC(F)(F)F. The molecule has 0 heterocycles. The fraction of sp³-hybridized carbons (Fsp3) is 0.818. The Labute approximate surface area is 114 Å². The number of alkyl halides is 3. The molecule has 0 radical (unpaired) electrons. The molecule has 2 amide bonds. The second-order valence-corrected chi connectivity index (χ2v) is 4.57. The number of nitrogens with one attached hydrogen (secondary N) is 1. The Kier molecular flexibility index (Phi) is 7.97. The van der Waals surface area contributed by atoms with Crippen molar-refractivity contribution in [2.24, 2.45) is 5.92 Å². The van der Waals surface area contributed by atoms with E-state index in [-0.39, 0.29) is 18.1 Å². The summed E-state index contributed by atoms with van der Waals surface area (Å²) in [7, 11) is 0. The number of aliphatic carboxylic acids is 1. The maximum absolute atomic E-state index is 12.2. The van der Waals surface area contributed by atoms with Gasteiger partial charge in [0.15, 0.2) is 0 Å². The lowest BCUT2D eigenvalue weighted by molar-refractivity contribution is -0.148. The summed E-state index contributed by atoms with van der Waals surface area (Å²) >= 11 is 0. The number of urea groups is 1. The van der Waals surface area contributed by atoms with Gasteiger partial charge in [0.1, 0.15) is 13.1 Å². The molecule has 0 aliphatic rings. The van der Waals surface area contributed by atoms with Crippen molar-refractivity contribution in [3.8, 4) is 0 Å². The molecule has 0 aromatic heterocycles. The Morgan fingerprint density at radius 1 is 1.35 bits per heavy atom. The van der Waals surface area contributed by atoms with Crippen LogP contribution in [0.4, 0.5) is 18.0 Å². The first-order chi connectivity index (χ1) is 9.11. The molecular weight excluding hydrogens is 281 g/mol. The molecule has 0 atom stereocenters. The van der Waals surface area contributed by atoms with Gasteiger partial charge in [-0.25, -0.2) is 4.79 Å². The van der Waals surface area contributed by atoms with Gasteiger partial charge in [0, 0.05) is 13.2 Å². The Morgan fingerprint density at radius 3 is 2.40 bits per heavy atom. The molecule has 118 valence electrons. The van der Waals surface area contributed by atoms with Crippen LogP contribution in [0.3, 0.4) is 0 Å². The number of hydrogen-bond donors (Lipinski definition) is 2. The number of ether oxygens (including phenoxy) is 1. The number of amides is 2. The van der Waals surface area contributed by atoms with Crippen LogP contribution in [-0.2, 0) is 9.53 Å². The lowest BCUT2D eigenvalue weighted by Crippen LogP contribution is -2.47. The summed E-state index contributed by atoms with van der Waals surface area (Å²) in [6.07, 6.45) is -4.65. The smallest absolute Gasteiger partial charge is 0.406 e. The third-order valence-corrected chi connectivity index (χ3v) is 1.96. The average molecular weight is 300 g/mol. The van der Waals surface area contributed by atoms with Gasteiger partial charge in [0.25, 0.3) is 0 Å². The van der Waals surface area contributed by atoms with Crippen LogP contribution in [0.15, 0.2) is 0 Å². The van der Waals surface area contributed by atoms with E-state index in [0.29, 0.717) is 12.5 Å². The minimum Gasteiger partial charge on any atom is -0.480 e. The van der Waals surface area contributed by atoms with Crippen molar-refractivity contribution >= 4 is 12.0 Å². The van der Waals surface area contributed by atoms with E-state index < -0.39 is 31.3 Å². The molecule has 0 spiro atoms. The van der Waals surface area contributed by atoms with E-state index in [0.717, 1.165) is 0 Å². The van der Waals surface area contributed by atoms with Crippen LogP contribution >= 0.6 is 0 Å². The molecule has 0 aromatic rings. The average Bonchev–Trinajstić information content (AvgIpc) is 2.24. The number of nitrogens with zero attached hydrogens (tertiary/aromatic N) is 1. The predicted molar refractivity (Wildman–Crippen MR) is 64.3 cm³/mol. The van der Waals surface area contributed by atoms with Crippen LogP contribution in [0.2, 0.25) is 0 Å². The molecule has 0 saturated heterocycles. The summed E-state index contributed by atoms with van der Waals surface area (Å²) in [5, 5.41) is 10.7. The third-order valence-electron chi connectivity index (χ3n) is 1.96. The molecule has 0 fully saturated rings. The molecule has 0 aromatic carbocycles. The van der Waals surface area contributed by atoms with Gasteiger partial charge >= 0.3 is 18.2 Å². The molecule has 0 saturated carbocycles. The molecule has 0 aliphatic heterocycles. The highest BCUT2D eigenvalue weighted by atomic mass is 19.4. The highest BCUT2D eigenvalue weighted by Crippen LogP contribution is 2.16. The summed E-state index contributed by atoms with van der Waals surface area (Å²) in [5.74, 6) is -1.21. The maximum atomic E-state index is 12.2. The topological polar surface area (TPSA) is 78.9 Å². The number of carboxylic acid groups (broad SMARTS) is 1. The minimum atomic E-state index is -4.65. The highest BCUT2D eigenvalue weighted by Gasteiger charge is 2.33. The van der Waals surface area contributed by atoms with Crippen molar-refractivity contribution in [1.82, 2.24) is 10.2 Å². The van der Waals surface area contributed by atoms with E-state index in [1.54, 1.807) is 0 Å². The van der Waals surface area contributed by atoms with Crippen molar-refractivity contribution in [2.45, 2.75) is 20.0 Å². The fourth-order valence-corrected chi connectivity index (χ4v) is 1.24. The first kappa shape index (κ1) is 18.5. The quantitative estimate of drug-likeness (QED) is 0.663. The molecule has 6 nitrogen and oxygen atoms in total. The molecule has 0 rings (SSSR count). The predicted octanol–water partition coefficient (Wildman–Crippen LogP) is 1.32. The second kappa shape index (κ2) is 8.62. The standard InChI is InChI=1S/C11H19F3N2O4/c1-8(2)6-20-4-3-15-10(19)16(5-9(17)18)7-11(12,13)14/h8H,3-7H2,1-2H3,(H,15,19)(H,17,18). The fourth-order valence-electron chi connectivity index (χ4n) is 1.24. The van der Waals surface area contributed by atoms with Crippen LogP contribution in [-0.4, -0.2) is 61.0 Å². The zero-order chi connectivity index (χ0) is 15.8. The summed E-state index contributed by atoms with van der Waals surface area (Å²) < 4.78 is 41.8. The zero-order valence-electron chi connectivity index (χ0n) is 11.4. The van der Waals surface area contributed by atoms with Crippen molar-refractivity contribution in [3.05, 3.63) is 0 Å². The lowest BCUT2D eigenvalue weighted by Gasteiger charge is -2.22. The lowest BCUT2D eigenvalue weighted by atomic mass is 10.2. The molecule has 0 aliphatic carbocycles. The van der Waals surface area contributed by atoms with Gasteiger partial charge in [0.2, 0.25) is 0 Å². The molecule has 9 heteroatoms. The number of halogens is 3. The van der Waals surface area contributed by atoms with Gasteiger partial charge < -0.3 is 20.1 Å². The van der Waals surface area contributed by atoms with E-state index >= 15 is 0 Å². The largest absolute Gasteiger partial charge is 0.480 e. The van der Waals surface area contributed by atoms with Crippen molar-refractivity contribution < 1.29 is 32.6 Å². The van der Waals surface area contributed by atoms with E-state index in [4.69, 9.17) is 9.84 Å². The van der Waals surface area contributed by atoms with Crippen molar-refractivity contribution in [2.75, 3.05) is 32.8 Å². The minimum absolute atomic E-state index is 0.0134. The second-order valence-electron chi connectivity index (χ2n) is 4.57. The van der Waals surface area contributed by atoms with E-state index in [9.17, 15) is 22.8 Å². The van der Waals surface area contributed by atoms with Crippen LogP contribution in [0.25, 0.3) is 0 Å². The Morgan fingerprint density at radius 2 is 1.95 bits per heavy atom. The van der Waals surface area contributed by atoms with E-state index in [2.05, 4.69) is 5.32 Å². The molecule has 20 heavy (non-hydrogen) atoms. The van der Waals surface area contributed by atoms with E-state index in [1.165, 1.54) is 0 Å². The van der Waals surface area contributed by atoms with Crippen LogP contribution in [0.1, 0.15) is 13.8 Å². The number of carbonyl (C=O) groups excluding carboxylic acids is 1. The Bertz CT molecular complexity index is 321. The summed E-state index contributed by atoms with van der Waals surface area (Å²) in [5.41, 5.74) is 0. The normalized spacial score (nSPS) is 11.5. The summed E-state index contributed by atoms with van der Waals surface area (Å²) in [4.78, 5) is 22.1.